The second-order valence-electron chi connectivity index (χ2n) is 6.77. The van der Waals surface area contributed by atoms with E-state index in [2.05, 4.69) is 38.2 Å². The molecule has 1 amide bonds. The number of halogens is 1. The van der Waals surface area contributed by atoms with Gasteiger partial charge < -0.3 is 10.6 Å². The summed E-state index contributed by atoms with van der Waals surface area (Å²) in [7, 11) is 0. The number of benzene rings is 1. The normalized spacial score (nSPS) is 14.4. The van der Waals surface area contributed by atoms with Gasteiger partial charge in [0.1, 0.15) is 0 Å². The van der Waals surface area contributed by atoms with Crippen molar-refractivity contribution in [2.24, 2.45) is 0 Å². The Morgan fingerprint density at radius 3 is 2.82 bits per heavy atom. The molecule has 0 unspecified atom stereocenters. The highest BCUT2D eigenvalue weighted by Crippen LogP contribution is 2.17. The molecule has 1 aromatic carbocycles. The smallest absolute Gasteiger partial charge is 0.273 e. The van der Waals surface area contributed by atoms with Gasteiger partial charge in [-0.2, -0.15) is 5.10 Å². The number of piperidine rings is 1. The van der Waals surface area contributed by atoms with Gasteiger partial charge in [0.05, 0.1) is 18.8 Å². The van der Waals surface area contributed by atoms with Crippen LogP contribution in [0.4, 0.5) is 0 Å². The highest BCUT2D eigenvalue weighted by Gasteiger charge is 2.18. The number of carbonyl (C=O) groups excluding carboxylic acids is 1. The van der Waals surface area contributed by atoms with Crippen LogP contribution in [-0.2, 0) is 13.1 Å². The van der Waals surface area contributed by atoms with E-state index in [1.54, 1.807) is 12.4 Å². The van der Waals surface area contributed by atoms with Gasteiger partial charge in [0.25, 0.3) is 5.91 Å². The number of hydrogen-bond acceptors (Lipinski definition) is 5. The number of nitrogens with zero attached hydrogens (tertiary/aromatic N) is 5. The molecule has 0 bridgehead atoms. The summed E-state index contributed by atoms with van der Waals surface area (Å²) >= 11 is 0. The zero-order valence-corrected chi connectivity index (χ0v) is 16.3. The van der Waals surface area contributed by atoms with Crippen molar-refractivity contribution in [2.75, 3.05) is 13.1 Å². The average molecular weight is 402 g/mol. The zero-order valence-electron chi connectivity index (χ0n) is 15.5. The Balaban J connectivity index is 0.00000225. The van der Waals surface area contributed by atoms with Gasteiger partial charge in [0, 0.05) is 18.9 Å². The second kappa shape index (κ2) is 9.48. The van der Waals surface area contributed by atoms with Crippen LogP contribution in [0.3, 0.4) is 0 Å². The van der Waals surface area contributed by atoms with Crippen LogP contribution in [0.25, 0.3) is 0 Å². The quantitative estimate of drug-likeness (QED) is 0.657. The third-order valence-corrected chi connectivity index (χ3v) is 4.77. The summed E-state index contributed by atoms with van der Waals surface area (Å²) in [5, 5.41) is 18.7. The first-order chi connectivity index (χ1) is 13.3. The molecule has 0 atom stereocenters. The van der Waals surface area contributed by atoms with Crippen molar-refractivity contribution in [1.82, 2.24) is 35.4 Å². The molecule has 0 radical (unpaired) electrons. The first-order valence-corrected chi connectivity index (χ1v) is 9.24. The lowest BCUT2D eigenvalue weighted by atomic mass is 10.1. The Hall–Kier alpha value is -2.71. The molecule has 1 aliphatic rings. The number of hydrogen-bond donors (Lipinski definition) is 2. The van der Waals surface area contributed by atoms with Gasteiger partial charge in [-0.15, -0.1) is 17.5 Å². The van der Waals surface area contributed by atoms with Crippen LogP contribution in [-0.4, -0.2) is 43.8 Å². The molecular formula is C19H24ClN7O. The molecule has 8 nitrogen and oxygen atoms in total. The highest BCUT2D eigenvalue weighted by atomic mass is 35.5. The van der Waals surface area contributed by atoms with E-state index < -0.39 is 0 Å². The van der Waals surface area contributed by atoms with E-state index in [9.17, 15) is 4.79 Å². The average Bonchev–Trinajstić information content (AvgIpc) is 3.39. The van der Waals surface area contributed by atoms with Gasteiger partial charge in [-0.1, -0.05) is 29.5 Å². The topological polar surface area (TPSA) is 89.7 Å². The molecule has 4 rings (SSSR count). The fraction of sp³-hybridized carbons (Fsp3) is 0.368. The van der Waals surface area contributed by atoms with Gasteiger partial charge >= 0.3 is 0 Å². The third kappa shape index (κ3) is 4.96. The molecule has 1 saturated heterocycles. The van der Waals surface area contributed by atoms with Crippen molar-refractivity contribution in [3.05, 3.63) is 65.7 Å². The van der Waals surface area contributed by atoms with Crippen molar-refractivity contribution in [3.63, 3.8) is 0 Å². The molecule has 1 aliphatic heterocycles. The van der Waals surface area contributed by atoms with E-state index in [4.69, 9.17) is 0 Å². The van der Waals surface area contributed by atoms with Crippen molar-refractivity contribution in [3.8, 4) is 0 Å². The maximum atomic E-state index is 12.4. The predicted octanol–water partition coefficient (Wildman–Crippen LogP) is 1.80. The molecule has 3 heterocycles. The molecule has 0 aliphatic carbocycles. The Kier molecular flexibility index (Phi) is 6.78. The Morgan fingerprint density at radius 1 is 1.21 bits per heavy atom. The number of amides is 1. The largest absolute Gasteiger partial charge is 0.347 e. The van der Waals surface area contributed by atoms with Crippen molar-refractivity contribution in [1.29, 1.82) is 0 Å². The third-order valence-electron chi connectivity index (χ3n) is 4.77. The maximum absolute atomic E-state index is 12.4. The highest BCUT2D eigenvalue weighted by molar-refractivity contribution is 5.91. The van der Waals surface area contributed by atoms with E-state index in [0.29, 0.717) is 24.8 Å². The van der Waals surface area contributed by atoms with Crippen LogP contribution < -0.4 is 10.6 Å². The van der Waals surface area contributed by atoms with Crippen LogP contribution >= 0.6 is 12.4 Å². The minimum Gasteiger partial charge on any atom is -0.347 e. The molecule has 1 fully saturated rings. The lowest BCUT2D eigenvalue weighted by molar-refractivity contribution is 0.0946. The van der Waals surface area contributed by atoms with E-state index in [-0.39, 0.29) is 18.3 Å². The zero-order chi connectivity index (χ0) is 18.5. The van der Waals surface area contributed by atoms with E-state index in [1.807, 2.05) is 33.8 Å². The molecule has 148 valence electrons. The van der Waals surface area contributed by atoms with Gasteiger partial charge in [-0.3, -0.25) is 9.48 Å². The maximum Gasteiger partial charge on any atom is 0.273 e. The summed E-state index contributed by atoms with van der Waals surface area (Å²) in [6.45, 7) is 3.10. The first-order valence-electron chi connectivity index (χ1n) is 9.24. The number of rotatable bonds is 6. The van der Waals surface area contributed by atoms with Crippen molar-refractivity contribution < 1.29 is 4.79 Å². The Bertz CT molecular complexity index is 887. The van der Waals surface area contributed by atoms with E-state index >= 15 is 0 Å². The molecule has 0 saturated carbocycles. The summed E-state index contributed by atoms with van der Waals surface area (Å²) < 4.78 is 3.69. The van der Waals surface area contributed by atoms with Crippen molar-refractivity contribution >= 4 is 18.3 Å². The summed E-state index contributed by atoms with van der Waals surface area (Å²) in [6, 6.07) is 10.3. The SMILES string of the molecule is Cl.O=C(NCc1cccc(Cn2cccn2)c1)c1cn(C2CCNCC2)nn1. The van der Waals surface area contributed by atoms with Gasteiger partial charge in [-0.05, 0) is 43.1 Å². The first kappa shape index (κ1) is 20.0. The number of aromatic nitrogens is 5. The Labute approximate surface area is 169 Å². The standard InChI is InChI=1S/C19H23N7O.ClH/c27-19(18-14-26(24-23-18)17-5-8-20-9-6-17)21-12-15-3-1-4-16(11-15)13-25-10-2-7-22-25;/h1-4,7,10-11,14,17,20H,5-6,8-9,12-13H2,(H,21,27);1H. The lowest BCUT2D eigenvalue weighted by Crippen LogP contribution is -2.29. The summed E-state index contributed by atoms with van der Waals surface area (Å²) in [4.78, 5) is 12.4. The van der Waals surface area contributed by atoms with Gasteiger partial charge in [-0.25, -0.2) is 4.68 Å². The second-order valence-corrected chi connectivity index (χ2v) is 6.77. The minimum absolute atomic E-state index is 0. The fourth-order valence-corrected chi connectivity index (χ4v) is 3.32. The fourth-order valence-electron chi connectivity index (χ4n) is 3.32. The molecule has 0 spiro atoms. The molecule has 28 heavy (non-hydrogen) atoms. The van der Waals surface area contributed by atoms with Crippen LogP contribution in [0, 0.1) is 0 Å². The van der Waals surface area contributed by atoms with Crippen LogP contribution in [0.1, 0.15) is 40.5 Å². The number of carbonyl (C=O) groups is 1. The molecular weight excluding hydrogens is 378 g/mol. The predicted molar refractivity (Wildman–Crippen MR) is 107 cm³/mol. The Morgan fingerprint density at radius 2 is 2.04 bits per heavy atom. The van der Waals surface area contributed by atoms with Crippen LogP contribution in [0.5, 0.6) is 0 Å². The molecule has 3 aromatic rings. The lowest BCUT2D eigenvalue weighted by Gasteiger charge is -2.22. The minimum atomic E-state index is -0.201. The number of nitrogens with one attached hydrogen (secondary N) is 2. The van der Waals surface area contributed by atoms with Crippen LogP contribution in [0.15, 0.2) is 48.9 Å². The van der Waals surface area contributed by atoms with E-state index in [1.165, 1.54) is 0 Å². The monoisotopic (exact) mass is 401 g/mol. The van der Waals surface area contributed by atoms with Gasteiger partial charge in [0.15, 0.2) is 5.69 Å². The molecule has 2 aromatic heterocycles. The van der Waals surface area contributed by atoms with Crippen molar-refractivity contribution in [2.45, 2.75) is 32.0 Å². The summed E-state index contributed by atoms with van der Waals surface area (Å²) in [5.74, 6) is -0.201. The summed E-state index contributed by atoms with van der Waals surface area (Å²) in [6.07, 6.45) is 7.46. The van der Waals surface area contributed by atoms with E-state index in [0.717, 1.165) is 37.1 Å². The molecule has 2 N–H and O–H groups in total. The van der Waals surface area contributed by atoms with Crippen LogP contribution in [0.2, 0.25) is 0 Å². The molecule has 9 heteroatoms. The summed E-state index contributed by atoms with van der Waals surface area (Å²) in [5.41, 5.74) is 2.54. The van der Waals surface area contributed by atoms with Gasteiger partial charge in [0.2, 0.25) is 0 Å².